The van der Waals surface area contributed by atoms with E-state index in [1.54, 1.807) is 17.0 Å². The molecule has 34 heavy (non-hydrogen) atoms. The number of nitrogens with zero attached hydrogens (tertiary/aromatic N) is 3. The maximum atomic E-state index is 13.2. The lowest BCUT2D eigenvalue weighted by Crippen LogP contribution is -2.40. The minimum absolute atomic E-state index is 0.0241. The van der Waals surface area contributed by atoms with E-state index in [-0.39, 0.29) is 24.3 Å². The Labute approximate surface area is 210 Å². The molecule has 2 aromatic carbocycles. The van der Waals surface area contributed by atoms with Gasteiger partial charge in [-0.3, -0.25) is 9.59 Å². The first-order chi connectivity index (χ1) is 16.4. The first-order valence-electron chi connectivity index (χ1n) is 11.7. The van der Waals surface area contributed by atoms with Gasteiger partial charge in [-0.2, -0.15) is 0 Å². The smallest absolute Gasteiger partial charge is 0.254 e. The van der Waals surface area contributed by atoms with Crippen molar-refractivity contribution in [2.24, 2.45) is 0 Å². The van der Waals surface area contributed by atoms with Crippen LogP contribution in [0.2, 0.25) is 5.02 Å². The number of aromatic nitrogens is 2. The van der Waals surface area contributed by atoms with E-state index in [9.17, 15) is 9.59 Å². The van der Waals surface area contributed by atoms with E-state index in [0.717, 1.165) is 31.2 Å². The minimum Gasteiger partial charge on any atom is -0.335 e. The quantitative estimate of drug-likeness (QED) is 0.328. The molecule has 1 aromatic heterocycles. The molecule has 1 atom stereocenters. The standard InChI is InChI=1S/C26H31ClN4O2S/c1-4-6-8-19-11-13-20(14-12-19)25(33)31(18(3)5-2)16-15-23(32)28-26-30-29-24(34-26)21-9-7-10-22(27)17-21/h7,9-14,17-18H,4-6,8,15-16H2,1-3H3,(H,28,30,32)/t18-/m0/s1. The third-order valence-electron chi connectivity index (χ3n) is 5.73. The van der Waals surface area contributed by atoms with E-state index >= 15 is 0 Å². The predicted octanol–water partition coefficient (Wildman–Crippen LogP) is 6.47. The SMILES string of the molecule is CCCCc1ccc(C(=O)N(CCC(=O)Nc2nnc(-c3cccc(Cl)c3)s2)[C@@H](C)CC)cc1. The molecule has 0 radical (unpaired) electrons. The lowest BCUT2D eigenvalue weighted by atomic mass is 10.0. The van der Waals surface area contributed by atoms with Crippen molar-refractivity contribution in [3.63, 3.8) is 0 Å². The third-order valence-corrected chi connectivity index (χ3v) is 6.85. The molecule has 0 aliphatic carbocycles. The van der Waals surface area contributed by atoms with Gasteiger partial charge in [0.2, 0.25) is 11.0 Å². The van der Waals surface area contributed by atoms with Crippen LogP contribution in [0.25, 0.3) is 10.6 Å². The van der Waals surface area contributed by atoms with Gasteiger partial charge in [0, 0.05) is 35.2 Å². The Kier molecular flexibility index (Phi) is 9.60. The molecule has 2 amide bonds. The second kappa shape index (κ2) is 12.6. The summed E-state index contributed by atoms with van der Waals surface area (Å²) in [7, 11) is 0. The Balaban J connectivity index is 1.60. The van der Waals surface area contributed by atoms with Crippen LogP contribution in [0.5, 0.6) is 0 Å². The number of benzene rings is 2. The van der Waals surface area contributed by atoms with Crippen LogP contribution in [0.1, 0.15) is 62.4 Å². The van der Waals surface area contributed by atoms with Gasteiger partial charge in [0.1, 0.15) is 5.01 Å². The third kappa shape index (κ3) is 7.11. The summed E-state index contributed by atoms with van der Waals surface area (Å²) in [5.41, 5.74) is 2.73. The lowest BCUT2D eigenvalue weighted by molar-refractivity contribution is -0.116. The van der Waals surface area contributed by atoms with E-state index in [4.69, 9.17) is 11.6 Å². The van der Waals surface area contributed by atoms with E-state index in [2.05, 4.69) is 22.4 Å². The minimum atomic E-state index is -0.204. The van der Waals surface area contributed by atoms with Gasteiger partial charge < -0.3 is 10.2 Å². The topological polar surface area (TPSA) is 75.2 Å². The molecular weight excluding hydrogens is 468 g/mol. The van der Waals surface area contributed by atoms with Crippen LogP contribution >= 0.6 is 22.9 Å². The van der Waals surface area contributed by atoms with Crippen molar-refractivity contribution in [3.8, 4) is 10.6 Å². The number of carbonyl (C=O) groups is 2. The van der Waals surface area contributed by atoms with Crippen LogP contribution in [0.4, 0.5) is 5.13 Å². The highest BCUT2D eigenvalue weighted by Crippen LogP contribution is 2.28. The highest BCUT2D eigenvalue weighted by molar-refractivity contribution is 7.18. The summed E-state index contributed by atoms with van der Waals surface area (Å²) in [6.07, 6.45) is 4.28. The number of amides is 2. The van der Waals surface area contributed by atoms with Gasteiger partial charge in [-0.1, -0.05) is 67.5 Å². The molecule has 0 bridgehead atoms. The molecule has 8 heteroatoms. The molecule has 180 valence electrons. The van der Waals surface area contributed by atoms with Crippen molar-refractivity contribution >= 4 is 39.9 Å². The zero-order valence-corrected chi connectivity index (χ0v) is 21.5. The first-order valence-corrected chi connectivity index (χ1v) is 12.9. The van der Waals surface area contributed by atoms with Gasteiger partial charge in [0.25, 0.3) is 5.91 Å². The summed E-state index contributed by atoms with van der Waals surface area (Å²) in [5, 5.41) is 12.7. The number of rotatable bonds is 11. The summed E-state index contributed by atoms with van der Waals surface area (Å²) >= 11 is 7.33. The molecule has 0 fully saturated rings. The van der Waals surface area contributed by atoms with Crippen molar-refractivity contribution in [3.05, 3.63) is 64.7 Å². The number of carbonyl (C=O) groups excluding carboxylic acids is 2. The second-order valence-electron chi connectivity index (χ2n) is 8.28. The van der Waals surface area contributed by atoms with Gasteiger partial charge in [0.05, 0.1) is 0 Å². The summed E-state index contributed by atoms with van der Waals surface area (Å²) < 4.78 is 0. The van der Waals surface area contributed by atoms with Crippen LogP contribution in [-0.2, 0) is 11.2 Å². The molecule has 1 heterocycles. The summed E-state index contributed by atoms with van der Waals surface area (Å²) in [5.74, 6) is -0.256. The maximum absolute atomic E-state index is 13.2. The molecule has 0 unspecified atom stereocenters. The van der Waals surface area contributed by atoms with Gasteiger partial charge in [0.15, 0.2) is 0 Å². The van der Waals surface area contributed by atoms with Crippen molar-refractivity contribution in [1.82, 2.24) is 15.1 Å². The van der Waals surface area contributed by atoms with E-state index in [1.807, 2.05) is 50.2 Å². The molecule has 0 saturated heterocycles. The molecular formula is C26H31ClN4O2S. The number of aryl methyl sites for hydroxylation is 1. The van der Waals surface area contributed by atoms with E-state index in [0.29, 0.717) is 27.3 Å². The molecule has 6 nitrogen and oxygen atoms in total. The molecule has 1 N–H and O–H groups in total. The van der Waals surface area contributed by atoms with Crippen molar-refractivity contribution in [1.29, 1.82) is 0 Å². The largest absolute Gasteiger partial charge is 0.335 e. The fraction of sp³-hybridized carbons (Fsp3) is 0.385. The predicted molar refractivity (Wildman–Crippen MR) is 139 cm³/mol. The normalized spacial score (nSPS) is 11.8. The summed E-state index contributed by atoms with van der Waals surface area (Å²) in [6.45, 7) is 6.55. The molecule has 0 aliphatic heterocycles. The molecule has 0 aliphatic rings. The Morgan fingerprint density at radius 1 is 1.12 bits per heavy atom. The van der Waals surface area contributed by atoms with Gasteiger partial charge in [-0.05, 0) is 56.0 Å². The number of hydrogen-bond donors (Lipinski definition) is 1. The van der Waals surface area contributed by atoms with Gasteiger partial charge in [-0.15, -0.1) is 10.2 Å². The highest BCUT2D eigenvalue weighted by Gasteiger charge is 2.22. The lowest BCUT2D eigenvalue weighted by Gasteiger charge is -2.28. The van der Waals surface area contributed by atoms with Crippen molar-refractivity contribution in [2.75, 3.05) is 11.9 Å². The highest BCUT2D eigenvalue weighted by atomic mass is 35.5. The Morgan fingerprint density at radius 2 is 1.88 bits per heavy atom. The Morgan fingerprint density at radius 3 is 2.56 bits per heavy atom. The zero-order valence-electron chi connectivity index (χ0n) is 19.9. The van der Waals surface area contributed by atoms with Crippen molar-refractivity contribution in [2.45, 2.75) is 58.9 Å². The Hall–Kier alpha value is -2.77. The number of hydrogen-bond acceptors (Lipinski definition) is 5. The fourth-order valence-corrected chi connectivity index (χ4v) is 4.47. The first kappa shape index (κ1) is 25.8. The van der Waals surface area contributed by atoms with E-state index < -0.39 is 0 Å². The second-order valence-corrected chi connectivity index (χ2v) is 9.69. The van der Waals surface area contributed by atoms with Crippen LogP contribution < -0.4 is 5.32 Å². The monoisotopic (exact) mass is 498 g/mol. The van der Waals surface area contributed by atoms with Crippen LogP contribution in [-0.4, -0.2) is 39.5 Å². The maximum Gasteiger partial charge on any atom is 0.254 e. The van der Waals surface area contributed by atoms with Gasteiger partial charge >= 0.3 is 0 Å². The average Bonchev–Trinajstić information content (AvgIpc) is 3.31. The van der Waals surface area contributed by atoms with Crippen LogP contribution in [0, 0.1) is 0 Å². The van der Waals surface area contributed by atoms with Crippen LogP contribution in [0.3, 0.4) is 0 Å². The van der Waals surface area contributed by atoms with Gasteiger partial charge in [-0.25, -0.2) is 0 Å². The molecule has 0 spiro atoms. The Bertz CT molecular complexity index is 1100. The fourth-order valence-electron chi connectivity index (χ4n) is 3.52. The number of anilines is 1. The molecule has 3 rings (SSSR count). The molecule has 0 saturated carbocycles. The van der Waals surface area contributed by atoms with E-state index in [1.165, 1.54) is 16.9 Å². The van der Waals surface area contributed by atoms with Crippen molar-refractivity contribution < 1.29 is 9.59 Å². The van der Waals surface area contributed by atoms with Crippen LogP contribution in [0.15, 0.2) is 48.5 Å². The summed E-state index contributed by atoms with van der Waals surface area (Å²) in [6, 6.07) is 15.2. The number of halogens is 1. The number of nitrogens with one attached hydrogen (secondary N) is 1. The molecule has 3 aromatic rings. The average molecular weight is 499 g/mol. The number of unbranched alkanes of at least 4 members (excludes halogenated alkanes) is 1. The zero-order chi connectivity index (χ0) is 24.5. The summed E-state index contributed by atoms with van der Waals surface area (Å²) in [4.78, 5) is 27.6.